The van der Waals surface area contributed by atoms with Gasteiger partial charge in [0.1, 0.15) is 5.82 Å². The van der Waals surface area contributed by atoms with E-state index in [2.05, 4.69) is 0 Å². The minimum absolute atomic E-state index is 0.0755. The number of amides is 1. The van der Waals surface area contributed by atoms with Crippen LogP contribution in [0.4, 0.5) is 4.39 Å². The maximum Gasteiger partial charge on any atom is 0.307 e. The largest absolute Gasteiger partial charge is 0.453 e. The van der Waals surface area contributed by atoms with Crippen LogP contribution < -0.4 is 0 Å². The third-order valence-electron chi connectivity index (χ3n) is 4.04. The fourth-order valence-corrected chi connectivity index (χ4v) is 3.75. The highest BCUT2D eigenvalue weighted by atomic mass is 32.2. The van der Waals surface area contributed by atoms with Crippen LogP contribution >= 0.6 is 0 Å². The fourth-order valence-electron chi connectivity index (χ4n) is 2.53. The molecule has 0 aliphatic heterocycles. The third kappa shape index (κ3) is 6.16. The van der Waals surface area contributed by atoms with Crippen molar-refractivity contribution in [1.82, 2.24) is 4.90 Å². The van der Waals surface area contributed by atoms with Gasteiger partial charge in [-0.2, -0.15) is 0 Å². The van der Waals surface area contributed by atoms with Crippen molar-refractivity contribution in [3.63, 3.8) is 0 Å². The van der Waals surface area contributed by atoms with Gasteiger partial charge in [0, 0.05) is 13.6 Å². The van der Waals surface area contributed by atoms with Crippen LogP contribution in [0.1, 0.15) is 18.9 Å². The van der Waals surface area contributed by atoms with Crippen LogP contribution in [0.5, 0.6) is 0 Å². The zero-order valence-electron chi connectivity index (χ0n) is 15.7. The van der Waals surface area contributed by atoms with Gasteiger partial charge in [-0.15, -0.1) is 0 Å². The van der Waals surface area contributed by atoms with Gasteiger partial charge in [0.25, 0.3) is 5.91 Å². The predicted octanol–water partition coefficient (Wildman–Crippen LogP) is 2.58. The van der Waals surface area contributed by atoms with Crippen LogP contribution in [0.2, 0.25) is 0 Å². The van der Waals surface area contributed by atoms with Crippen LogP contribution in [0.15, 0.2) is 59.5 Å². The number of ether oxygens (including phenoxy) is 1. The van der Waals surface area contributed by atoms with Crippen molar-refractivity contribution in [1.29, 1.82) is 0 Å². The Hall–Kier alpha value is -2.74. The lowest BCUT2D eigenvalue weighted by Crippen LogP contribution is -2.37. The van der Waals surface area contributed by atoms with Gasteiger partial charge in [-0.3, -0.25) is 9.59 Å². The first-order valence-electron chi connectivity index (χ1n) is 8.66. The molecule has 0 radical (unpaired) electrons. The number of halogens is 1. The molecule has 6 nitrogen and oxygen atoms in total. The maximum atomic E-state index is 12.9. The van der Waals surface area contributed by atoms with Crippen LogP contribution in [0.3, 0.4) is 0 Å². The Labute approximate surface area is 163 Å². The van der Waals surface area contributed by atoms with E-state index in [1.54, 1.807) is 7.05 Å². The molecular weight excluding hydrogens is 385 g/mol. The highest BCUT2D eigenvalue weighted by Gasteiger charge is 2.23. The first-order valence-corrected chi connectivity index (χ1v) is 10.3. The molecular formula is C20H22FNO5S. The Bertz CT molecular complexity index is 913. The first kappa shape index (κ1) is 21.6. The summed E-state index contributed by atoms with van der Waals surface area (Å²) in [6, 6.07) is 13.7. The fraction of sp³-hybridized carbons (Fsp3) is 0.300. The van der Waals surface area contributed by atoms with E-state index in [4.69, 9.17) is 4.74 Å². The monoisotopic (exact) mass is 407 g/mol. The molecule has 0 aliphatic carbocycles. The minimum atomic E-state index is -3.75. The van der Waals surface area contributed by atoms with Crippen molar-refractivity contribution >= 4 is 21.7 Å². The first-order chi connectivity index (χ1) is 13.2. The molecule has 0 unspecified atom stereocenters. The van der Waals surface area contributed by atoms with Gasteiger partial charge in [0.2, 0.25) is 0 Å². The van der Waals surface area contributed by atoms with E-state index in [0.29, 0.717) is 6.54 Å². The van der Waals surface area contributed by atoms with Gasteiger partial charge < -0.3 is 9.64 Å². The summed E-state index contributed by atoms with van der Waals surface area (Å²) >= 11 is 0. The van der Waals surface area contributed by atoms with Gasteiger partial charge in [0.05, 0.1) is 17.1 Å². The molecule has 0 aliphatic rings. The Morgan fingerprint density at radius 3 is 2.29 bits per heavy atom. The molecule has 0 N–H and O–H groups in total. The third-order valence-corrected chi connectivity index (χ3v) is 5.77. The molecule has 0 heterocycles. The zero-order valence-corrected chi connectivity index (χ0v) is 16.5. The molecule has 0 aromatic heterocycles. The second-order valence-corrected chi connectivity index (χ2v) is 8.44. The number of esters is 1. The van der Waals surface area contributed by atoms with Gasteiger partial charge in [-0.25, -0.2) is 12.8 Å². The number of nitrogens with zero attached hydrogens (tertiary/aromatic N) is 1. The van der Waals surface area contributed by atoms with Crippen molar-refractivity contribution < 1.29 is 27.1 Å². The topological polar surface area (TPSA) is 80.8 Å². The number of sulfone groups is 1. The minimum Gasteiger partial charge on any atom is -0.453 e. The molecule has 1 atom stereocenters. The average Bonchev–Trinajstić information content (AvgIpc) is 2.67. The summed E-state index contributed by atoms with van der Waals surface area (Å²) in [4.78, 5) is 25.6. The molecule has 0 fully saturated rings. The second-order valence-electron chi connectivity index (χ2n) is 6.33. The molecule has 0 bridgehead atoms. The van der Waals surface area contributed by atoms with E-state index < -0.39 is 45.8 Å². The molecule has 2 rings (SSSR count). The Kier molecular flexibility index (Phi) is 7.28. The lowest BCUT2D eigenvalue weighted by atomic mass is 10.2. The molecule has 2 aromatic rings. The number of rotatable bonds is 8. The van der Waals surface area contributed by atoms with E-state index in [9.17, 15) is 22.4 Å². The Balaban J connectivity index is 1.86. The van der Waals surface area contributed by atoms with E-state index in [0.717, 1.165) is 29.8 Å². The highest BCUT2D eigenvalue weighted by molar-refractivity contribution is 7.91. The standard InChI is InChI=1S/C20H22FNO5S/c1-15(20(24)22(2)14-16-6-4-3-5-7-16)27-19(23)12-13-28(25,26)18-10-8-17(21)9-11-18/h3-11,15H,12-14H2,1-2H3/t15-/m0/s1. The Morgan fingerprint density at radius 2 is 1.68 bits per heavy atom. The van der Waals surface area contributed by atoms with E-state index in [-0.39, 0.29) is 4.90 Å². The number of carbonyl (C=O) groups excluding carboxylic acids is 2. The summed E-state index contributed by atoms with van der Waals surface area (Å²) in [6.45, 7) is 1.80. The average molecular weight is 407 g/mol. The second kappa shape index (κ2) is 9.45. The molecule has 2 aromatic carbocycles. The summed E-state index contributed by atoms with van der Waals surface area (Å²) in [7, 11) is -2.15. The van der Waals surface area contributed by atoms with Crippen LogP contribution in [0.25, 0.3) is 0 Å². The van der Waals surface area contributed by atoms with Crippen molar-refractivity contribution in [2.75, 3.05) is 12.8 Å². The van der Waals surface area contributed by atoms with Gasteiger partial charge in [-0.05, 0) is 36.8 Å². The summed E-state index contributed by atoms with van der Waals surface area (Å²) in [6.07, 6.45) is -1.44. The van der Waals surface area contributed by atoms with E-state index >= 15 is 0 Å². The normalized spacial score (nSPS) is 12.2. The van der Waals surface area contributed by atoms with Crippen molar-refractivity contribution in [2.45, 2.75) is 30.9 Å². The summed E-state index contributed by atoms with van der Waals surface area (Å²) < 4.78 is 42.3. The van der Waals surface area contributed by atoms with Gasteiger partial charge in [-0.1, -0.05) is 30.3 Å². The predicted molar refractivity (Wildman–Crippen MR) is 102 cm³/mol. The van der Waals surface area contributed by atoms with Gasteiger partial charge in [0.15, 0.2) is 15.9 Å². The van der Waals surface area contributed by atoms with Crippen LogP contribution in [0, 0.1) is 5.82 Å². The smallest absolute Gasteiger partial charge is 0.307 e. The summed E-state index contributed by atoms with van der Waals surface area (Å²) in [5.74, 6) is -2.22. The van der Waals surface area contributed by atoms with Crippen LogP contribution in [-0.4, -0.2) is 44.1 Å². The number of carbonyl (C=O) groups is 2. The molecule has 1 amide bonds. The zero-order chi connectivity index (χ0) is 20.7. The van der Waals surface area contributed by atoms with Crippen LogP contribution in [-0.2, 0) is 30.7 Å². The molecule has 8 heteroatoms. The summed E-state index contributed by atoms with van der Waals surface area (Å²) in [5, 5.41) is 0. The van der Waals surface area contributed by atoms with E-state index in [1.807, 2.05) is 30.3 Å². The van der Waals surface area contributed by atoms with E-state index in [1.165, 1.54) is 11.8 Å². The lowest BCUT2D eigenvalue weighted by molar-refractivity contribution is -0.158. The molecule has 150 valence electrons. The molecule has 0 saturated carbocycles. The number of likely N-dealkylation sites (N-methyl/N-ethyl adjacent to an activating group) is 1. The quantitative estimate of drug-likeness (QED) is 0.496. The van der Waals surface area contributed by atoms with Crippen molar-refractivity contribution in [2.24, 2.45) is 0 Å². The molecule has 0 saturated heterocycles. The number of benzene rings is 2. The number of hydrogen-bond acceptors (Lipinski definition) is 5. The SMILES string of the molecule is C[C@H](OC(=O)CCS(=O)(=O)c1ccc(F)cc1)C(=O)N(C)Cc1ccccc1. The highest BCUT2D eigenvalue weighted by Crippen LogP contribution is 2.13. The Morgan fingerprint density at radius 1 is 1.07 bits per heavy atom. The van der Waals surface area contributed by atoms with Gasteiger partial charge >= 0.3 is 5.97 Å². The van der Waals surface area contributed by atoms with Crippen molar-refractivity contribution in [3.05, 3.63) is 66.0 Å². The maximum absolute atomic E-state index is 12.9. The molecule has 28 heavy (non-hydrogen) atoms. The summed E-state index contributed by atoms with van der Waals surface area (Å²) in [5.41, 5.74) is 0.933. The van der Waals surface area contributed by atoms with Crippen molar-refractivity contribution in [3.8, 4) is 0 Å². The number of hydrogen-bond donors (Lipinski definition) is 0. The lowest BCUT2D eigenvalue weighted by Gasteiger charge is -2.21. The molecule has 0 spiro atoms.